The van der Waals surface area contributed by atoms with Gasteiger partial charge in [-0.3, -0.25) is 4.98 Å². The van der Waals surface area contributed by atoms with Crippen LogP contribution in [-0.4, -0.2) is 22.5 Å². The standard InChI is InChI=1S/C22H17N3O3/c1-2-7-19-15(5-1)18-12-17(14-8-9-20-21(11-14)27-13-26-20)24-25(18)22(28-19)16-6-3-4-10-23-16/h1-11,18,22H,12-13H2/t18-,22-/m0/s1. The first-order chi connectivity index (χ1) is 13.9. The topological polar surface area (TPSA) is 56.2 Å². The van der Waals surface area contributed by atoms with Crippen LogP contribution in [0.15, 0.2) is 72.0 Å². The Bertz CT molecular complexity index is 1080. The van der Waals surface area contributed by atoms with Gasteiger partial charge in [0.1, 0.15) is 11.4 Å². The van der Waals surface area contributed by atoms with Crippen molar-refractivity contribution in [1.82, 2.24) is 9.99 Å². The Labute approximate surface area is 162 Å². The number of benzene rings is 2. The van der Waals surface area contributed by atoms with Gasteiger partial charge in [-0.1, -0.05) is 24.3 Å². The van der Waals surface area contributed by atoms with E-state index >= 15 is 0 Å². The summed E-state index contributed by atoms with van der Waals surface area (Å²) >= 11 is 0. The molecule has 3 aliphatic heterocycles. The number of rotatable bonds is 2. The van der Waals surface area contributed by atoms with Gasteiger partial charge in [0.15, 0.2) is 11.5 Å². The van der Waals surface area contributed by atoms with E-state index in [1.165, 1.54) is 0 Å². The Morgan fingerprint density at radius 2 is 1.79 bits per heavy atom. The van der Waals surface area contributed by atoms with Gasteiger partial charge in [-0.2, -0.15) is 5.10 Å². The molecule has 0 saturated carbocycles. The maximum Gasteiger partial charge on any atom is 0.231 e. The summed E-state index contributed by atoms with van der Waals surface area (Å²) in [5, 5.41) is 6.98. The van der Waals surface area contributed by atoms with E-state index in [1.54, 1.807) is 6.20 Å². The van der Waals surface area contributed by atoms with E-state index in [-0.39, 0.29) is 19.1 Å². The zero-order valence-electron chi connectivity index (χ0n) is 15.0. The fourth-order valence-corrected chi connectivity index (χ4v) is 4.00. The number of nitrogens with zero attached hydrogens (tertiary/aromatic N) is 3. The van der Waals surface area contributed by atoms with Crippen molar-refractivity contribution in [2.24, 2.45) is 5.10 Å². The van der Waals surface area contributed by atoms with Gasteiger partial charge in [0.05, 0.1) is 11.8 Å². The van der Waals surface area contributed by atoms with Gasteiger partial charge in [0, 0.05) is 23.7 Å². The molecule has 6 heteroatoms. The van der Waals surface area contributed by atoms with Crippen molar-refractivity contribution in [2.45, 2.75) is 18.7 Å². The predicted octanol–water partition coefficient (Wildman–Crippen LogP) is 4.05. The summed E-state index contributed by atoms with van der Waals surface area (Å²) in [6.07, 6.45) is 2.23. The number of hydrogen-bond donors (Lipinski definition) is 0. The van der Waals surface area contributed by atoms with Gasteiger partial charge in [0.2, 0.25) is 13.0 Å². The van der Waals surface area contributed by atoms with Crippen molar-refractivity contribution in [3.63, 3.8) is 0 Å². The minimum Gasteiger partial charge on any atom is -0.463 e. The van der Waals surface area contributed by atoms with E-state index in [4.69, 9.17) is 19.3 Å². The van der Waals surface area contributed by atoms with Crippen molar-refractivity contribution in [2.75, 3.05) is 6.79 Å². The highest BCUT2D eigenvalue weighted by molar-refractivity contribution is 6.02. The molecule has 0 radical (unpaired) electrons. The molecule has 3 aromatic rings. The lowest BCUT2D eigenvalue weighted by Gasteiger charge is -2.37. The number of hydrazone groups is 1. The highest BCUT2D eigenvalue weighted by Crippen LogP contribution is 2.47. The van der Waals surface area contributed by atoms with Crippen molar-refractivity contribution in [1.29, 1.82) is 0 Å². The van der Waals surface area contributed by atoms with Crippen LogP contribution < -0.4 is 14.2 Å². The van der Waals surface area contributed by atoms with Crippen molar-refractivity contribution in [3.8, 4) is 17.2 Å². The van der Waals surface area contributed by atoms with E-state index in [0.717, 1.165) is 46.2 Å². The minimum absolute atomic E-state index is 0.109. The zero-order valence-corrected chi connectivity index (χ0v) is 15.0. The number of para-hydroxylation sites is 1. The summed E-state index contributed by atoms with van der Waals surface area (Å²) in [5.41, 5.74) is 4.03. The van der Waals surface area contributed by atoms with Crippen LogP contribution in [0.1, 0.15) is 35.5 Å². The minimum atomic E-state index is -0.354. The second-order valence-electron chi connectivity index (χ2n) is 6.98. The smallest absolute Gasteiger partial charge is 0.231 e. The lowest BCUT2D eigenvalue weighted by atomic mass is 9.96. The quantitative estimate of drug-likeness (QED) is 0.680. The molecule has 138 valence electrons. The number of ether oxygens (including phenoxy) is 3. The summed E-state index contributed by atoms with van der Waals surface area (Å²) in [4.78, 5) is 4.51. The van der Waals surface area contributed by atoms with E-state index in [2.05, 4.69) is 11.1 Å². The third-order valence-corrected chi connectivity index (χ3v) is 5.35. The molecule has 6 nitrogen and oxygen atoms in total. The van der Waals surface area contributed by atoms with Crippen LogP contribution in [-0.2, 0) is 0 Å². The van der Waals surface area contributed by atoms with Gasteiger partial charge >= 0.3 is 0 Å². The lowest BCUT2D eigenvalue weighted by molar-refractivity contribution is -0.0218. The SMILES string of the molecule is c1ccc([C@@H]2Oc3ccccc3[C@@H]3CC(c4ccc5c(c4)OCO5)=NN32)nc1. The van der Waals surface area contributed by atoms with Crippen LogP contribution in [0.2, 0.25) is 0 Å². The molecular weight excluding hydrogens is 354 g/mol. The molecule has 0 saturated heterocycles. The zero-order chi connectivity index (χ0) is 18.5. The molecule has 2 atom stereocenters. The van der Waals surface area contributed by atoms with Gasteiger partial charge in [-0.15, -0.1) is 0 Å². The van der Waals surface area contributed by atoms with E-state index in [1.807, 2.05) is 59.6 Å². The Balaban J connectivity index is 1.43. The monoisotopic (exact) mass is 371 g/mol. The second-order valence-corrected chi connectivity index (χ2v) is 6.98. The van der Waals surface area contributed by atoms with Crippen molar-refractivity contribution in [3.05, 3.63) is 83.7 Å². The summed E-state index contributed by atoms with van der Waals surface area (Å²) in [7, 11) is 0. The highest BCUT2D eigenvalue weighted by atomic mass is 16.7. The molecule has 28 heavy (non-hydrogen) atoms. The summed E-state index contributed by atoms with van der Waals surface area (Å²) in [5.74, 6) is 2.43. The maximum atomic E-state index is 6.30. The largest absolute Gasteiger partial charge is 0.463 e. The molecule has 0 fully saturated rings. The molecule has 6 rings (SSSR count). The van der Waals surface area contributed by atoms with Crippen LogP contribution in [0.25, 0.3) is 0 Å². The lowest BCUT2D eigenvalue weighted by Crippen LogP contribution is -2.34. The van der Waals surface area contributed by atoms with Crippen molar-refractivity contribution < 1.29 is 14.2 Å². The Hall–Kier alpha value is -3.54. The average Bonchev–Trinajstić information content (AvgIpc) is 3.40. The van der Waals surface area contributed by atoms with Gasteiger partial charge in [-0.25, -0.2) is 5.01 Å². The molecule has 0 spiro atoms. The van der Waals surface area contributed by atoms with Gasteiger partial charge in [0.25, 0.3) is 0 Å². The third kappa shape index (κ3) is 2.34. The molecule has 0 bridgehead atoms. The van der Waals surface area contributed by atoms with Gasteiger partial charge < -0.3 is 14.2 Å². The fraction of sp³-hybridized carbons (Fsp3) is 0.182. The number of pyridine rings is 1. The molecule has 0 aliphatic carbocycles. The summed E-state index contributed by atoms with van der Waals surface area (Å²) in [6, 6.07) is 20.1. The molecule has 0 unspecified atom stereocenters. The van der Waals surface area contributed by atoms with Gasteiger partial charge in [-0.05, 0) is 36.4 Å². The normalized spacial score (nSPS) is 21.6. The fourth-order valence-electron chi connectivity index (χ4n) is 4.00. The van der Waals surface area contributed by atoms with E-state index in [9.17, 15) is 0 Å². The molecule has 4 heterocycles. The molecule has 2 aromatic carbocycles. The summed E-state index contributed by atoms with van der Waals surface area (Å²) in [6.45, 7) is 0.267. The van der Waals surface area contributed by atoms with E-state index in [0.29, 0.717) is 0 Å². The molecule has 0 amide bonds. The molecule has 1 aromatic heterocycles. The Kier molecular flexibility index (Phi) is 3.32. The first-order valence-corrected chi connectivity index (χ1v) is 9.29. The van der Waals surface area contributed by atoms with E-state index < -0.39 is 0 Å². The van der Waals surface area contributed by atoms with Crippen LogP contribution in [0, 0.1) is 0 Å². The number of fused-ring (bicyclic) bond motifs is 4. The van der Waals surface area contributed by atoms with Crippen LogP contribution in [0.5, 0.6) is 17.2 Å². The number of hydrogen-bond acceptors (Lipinski definition) is 6. The van der Waals surface area contributed by atoms with Crippen molar-refractivity contribution >= 4 is 5.71 Å². The summed E-state index contributed by atoms with van der Waals surface area (Å²) < 4.78 is 17.3. The Morgan fingerprint density at radius 1 is 0.893 bits per heavy atom. The predicted molar refractivity (Wildman–Crippen MR) is 102 cm³/mol. The first kappa shape index (κ1) is 15.5. The third-order valence-electron chi connectivity index (χ3n) is 5.35. The van der Waals surface area contributed by atoms with Crippen LogP contribution in [0.4, 0.5) is 0 Å². The molecule has 3 aliphatic rings. The highest BCUT2D eigenvalue weighted by Gasteiger charge is 2.41. The maximum absolute atomic E-state index is 6.30. The second kappa shape index (κ2) is 5.99. The molecule has 0 N–H and O–H groups in total. The molecular formula is C22H17N3O3. The Morgan fingerprint density at radius 3 is 2.71 bits per heavy atom. The first-order valence-electron chi connectivity index (χ1n) is 9.29. The van der Waals surface area contributed by atoms with Crippen LogP contribution in [0.3, 0.4) is 0 Å². The number of aromatic nitrogens is 1. The van der Waals surface area contributed by atoms with Crippen LogP contribution >= 0.6 is 0 Å². The average molecular weight is 371 g/mol.